The third-order valence-corrected chi connectivity index (χ3v) is 11.2. The number of hydrogen-bond acceptors (Lipinski definition) is 5. The molecular weight excluding hydrogens is 510 g/mol. The van der Waals surface area contributed by atoms with Crippen molar-refractivity contribution >= 4 is 29.5 Å². The quantitative estimate of drug-likeness (QED) is 0.421. The summed E-state index contributed by atoms with van der Waals surface area (Å²) in [6.07, 6.45) is 2.21. The molecule has 2 unspecified atom stereocenters. The predicted octanol–water partition coefficient (Wildman–Crippen LogP) is 3.51. The Labute approximate surface area is 235 Å². The highest BCUT2D eigenvalue weighted by molar-refractivity contribution is 8.02. The molecule has 2 aromatic rings. The minimum Gasteiger partial charge on any atom is -0.394 e. The fraction of sp³-hybridized carbons (Fsp3) is 0.516. The first-order chi connectivity index (χ1) is 18.8. The average molecular weight is 550 g/mol. The summed E-state index contributed by atoms with van der Waals surface area (Å²) in [4.78, 5) is 43.8. The van der Waals surface area contributed by atoms with Gasteiger partial charge in [-0.2, -0.15) is 0 Å². The Hall–Kier alpha value is -2.84. The Balaban J connectivity index is 1.47. The molecule has 7 atom stereocenters. The topological polar surface area (TPSA) is 98.7 Å². The van der Waals surface area contributed by atoms with Crippen LogP contribution in [0.5, 0.6) is 0 Å². The molecule has 3 saturated heterocycles. The average Bonchev–Trinajstić information content (AvgIpc) is 3.52. The molecule has 7 nitrogen and oxygen atoms in total. The highest BCUT2D eigenvalue weighted by Gasteiger charge is 2.77. The van der Waals surface area contributed by atoms with Crippen LogP contribution in [0.25, 0.3) is 0 Å². The van der Waals surface area contributed by atoms with Crippen LogP contribution < -0.4 is 10.6 Å². The number of likely N-dealkylation sites (tertiary alicyclic amines) is 1. The maximum atomic E-state index is 14.4. The number of carbonyl (C=O) groups excluding carboxylic acids is 3. The van der Waals surface area contributed by atoms with E-state index in [9.17, 15) is 19.5 Å². The number of aliphatic hydroxyl groups is 1. The summed E-state index contributed by atoms with van der Waals surface area (Å²) in [5.41, 5.74) is 1.97. The van der Waals surface area contributed by atoms with Crippen molar-refractivity contribution in [3.63, 3.8) is 0 Å². The third-order valence-electron chi connectivity index (χ3n) is 9.21. The number of thioether (sulfide) groups is 1. The van der Waals surface area contributed by atoms with Crippen LogP contribution in [0, 0.1) is 17.8 Å². The van der Waals surface area contributed by atoms with E-state index >= 15 is 0 Å². The lowest BCUT2D eigenvalue weighted by Gasteiger charge is -2.39. The van der Waals surface area contributed by atoms with Crippen molar-refractivity contribution in [2.75, 3.05) is 6.61 Å². The second-order valence-corrected chi connectivity index (χ2v) is 13.4. The minimum absolute atomic E-state index is 0.00161. The molecule has 3 heterocycles. The van der Waals surface area contributed by atoms with Crippen LogP contribution in [0.2, 0.25) is 0 Å². The van der Waals surface area contributed by atoms with Gasteiger partial charge < -0.3 is 20.6 Å². The lowest BCUT2D eigenvalue weighted by atomic mass is 9.66. The molecule has 3 aliphatic heterocycles. The molecule has 0 saturated carbocycles. The fourth-order valence-corrected chi connectivity index (χ4v) is 9.36. The van der Waals surface area contributed by atoms with Crippen molar-refractivity contribution in [1.29, 1.82) is 0 Å². The molecule has 1 spiro atoms. The predicted molar refractivity (Wildman–Crippen MR) is 152 cm³/mol. The third kappa shape index (κ3) is 4.76. The number of nitrogens with zero attached hydrogens (tertiary/aromatic N) is 1. The molecule has 3 fully saturated rings. The summed E-state index contributed by atoms with van der Waals surface area (Å²) < 4.78 is -1.14. The second kappa shape index (κ2) is 11.0. The van der Waals surface area contributed by atoms with Gasteiger partial charge in [0.2, 0.25) is 17.7 Å². The van der Waals surface area contributed by atoms with Crippen molar-refractivity contribution < 1.29 is 19.5 Å². The van der Waals surface area contributed by atoms with Crippen molar-refractivity contribution in [2.45, 2.75) is 74.7 Å². The zero-order valence-corrected chi connectivity index (χ0v) is 23.7. The van der Waals surface area contributed by atoms with Crippen LogP contribution in [0.4, 0.5) is 0 Å². The lowest BCUT2D eigenvalue weighted by Crippen LogP contribution is -2.57. The molecule has 2 bridgehead atoms. The molecular formula is C31H39N3O4S. The van der Waals surface area contributed by atoms with Gasteiger partial charge in [-0.3, -0.25) is 14.4 Å². The van der Waals surface area contributed by atoms with Gasteiger partial charge in [-0.25, -0.2) is 0 Å². The smallest absolute Gasteiger partial charge is 0.244 e. The normalized spacial score (nSPS) is 30.6. The minimum atomic E-state index is -0.747. The summed E-state index contributed by atoms with van der Waals surface area (Å²) in [5, 5.41) is 16.7. The van der Waals surface area contributed by atoms with E-state index in [1.807, 2.05) is 74.5 Å². The molecule has 3 aliphatic rings. The standard InChI is InChI=1S/C31H39N3O4S/c1-4-20(2)23(19-35)34-26(28(37)33-18-22-13-9-6-10-14-22)31-16-15-30(3,39-31)24(25(31)29(34)38)27(36)32-17-21-11-7-5-8-12-21/h5-14,20,23-26,35H,4,15-19H2,1-3H3,(H,32,36)(H,33,37)/t20-,23-,24-,25-,26?,30+,31?/m0/s1. The lowest BCUT2D eigenvalue weighted by molar-refractivity contribution is -0.144. The van der Waals surface area contributed by atoms with E-state index < -0.39 is 33.4 Å². The first-order valence-electron chi connectivity index (χ1n) is 14.0. The molecule has 8 heteroatoms. The zero-order chi connectivity index (χ0) is 27.8. The van der Waals surface area contributed by atoms with E-state index in [1.54, 1.807) is 16.7 Å². The molecule has 3 amide bonds. The van der Waals surface area contributed by atoms with E-state index in [2.05, 4.69) is 17.6 Å². The van der Waals surface area contributed by atoms with Gasteiger partial charge in [0.1, 0.15) is 6.04 Å². The molecule has 5 rings (SSSR count). The number of hydrogen-bond donors (Lipinski definition) is 3. The number of benzene rings is 2. The largest absolute Gasteiger partial charge is 0.394 e. The van der Waals surface area contributed by atoms with Crippen LogP contribution in [0.15, 0.2) is 60.7 Å². The van der Waals surface area contributed by atoms with Gasteiger partial charge >= 0.3 is 0 Å². The highest BCUT2D eigenvalue weighted by Crippen LogP contribution is 2.71. The van der Waals surface area contributed by atoms with E-state index in [1.165, 1.54) is 0 Å². The summed E-state index contributed by atoms with van der Waals surface area (Å²) in [5.74, 6) is -1.67. The fourth-order valence-electron chi connectivity index (χ4n) is 7.01. The molecule has 2 aromatic carbocycles. The van der Waals surface area contributed by atoms with Gasteiger partial charge in [0.15, 0.2) is 0 Å². The Kier molecular flexibility index (Phi) is 7.80. The van der Waals surface area contributed by atoms with Gasteiger partial charge in [-0.1, -0.05) is 80.9 Å². The second-order valence-electron chi connectivity index (χ2n) is 11.5. The van der Waals surface area contributed by atoms with Crippen LogP contribution >= 0.6 is 11.8 Å². The number of fused-ring (bicyclic) bond motifs is 1. The summed E-state index contributed by atoms with van der Waals surface area (Å²) in [7, 11) is 0. The van der Waals surface area contributed by atoms with E-state index in [-0.39, 0.29) is 30.2 Å². The molecule has 0 aliphatic carbocycles. The van der Waals surface area contributed by atoms with Gasteiger partial charge in [0.05, 0.1) is 29.2 Å². The Morgan fingerprint density at radius 2 is 1.56 bits per heavy atom. The van der Waals surface area contributed by atoms with Gasteiger partial charge in [-0.15, -0.1) is 11.8 Å². The number of rotatable bonds is 10. The van der Waals surface area contributed by atoms with E-state index in [0.29, 0.717) is 19.5 Å². The van der Waals surface area contributed by atoms with E-state index in [0.717, 1.165) is 24.0 Å². The number of aliphatic hydroxyl groups excluding tert-OH is 1. The maximum Gasteiger partial charge on any atom is 0.244 e. The molecule has 208 valence electrons. The first kappa shape index (κ1) is 27.7. The summed E-state index contributed by atoms with van der Waals surface area (Å²) >= 11 is 1.66. The van der Waals surface area contributed by atoms with Crippen molar-refractivity contribution in [2.24, 2.45) is 17.8 Å². The van der Waals surface area contributed by atoms with Gasteiger partial charge in [0.25, 0.3) is 0 Å². The number of amides is 3. The SMILES string of the molecule is CC[C@H](C)[C@H](CO)N1C(=O)[C@@H]2[C@@H](C(=O)NCc3ccccc3)[C@@]3(C)CCC2(S3)C1C(=O)NCc1ccccc1. The zero-order valence-electron chi connectivity index (χ0n) is 22.9. The summed E-state index contributed by atoms with van der Waals surface area (Å²) in [6, 6.07) is 18.2. The first-order valence-corrected chi connectivity index (χ1v) is 14.8. The summed E-state index contributed by atoms with van der Waals surface area (Å²) in [6.45, 7) is 6.63. The molecule has 0 aromatic heterocycles. The van der Waals surface area contributed by atoms with Gasteiger partial charge in [-0.05, 0) is 36.8 Å². The Morgan fingerprint density at radius 1 is 1.00 bits per heavy atom. The molecule has 3 N–H and O–H groups in total. The highest BCUT2D eigenvalue weighted by atomic mass is 32.2. The number of nitrogens with one attached hydrogen (secondary N) is 2. The number of carbonyl (C=O) groups is 3. The maximum absolute atomic E-state index is 14.4. The van der Waals surface area contributed by atoms with Crippen LogP contribution in [-0.2, 0) is 27.5 Å². The van der Waals surface area contributed by atoms with Crippen LogP contribution in [-0.4, -0.2) is 55.9 Å². The van der Waals surface area contributed by atoms with E-state index in [4.69, 9.17) is 0 Å². The molecule has 0 radical (unpaired) electrons. The molecule has 39 heavy (non-hydrogen) atoms. The van der Waals surface area contributed by atoms with Crippen LogP contribution in [0.3, 0.4) is 0 Å². The van der Waals surface area contributed by atoms with Gasteiger partial charge in [0, 0.05) is 17.8 Å². The monoisotopic (exact) mass is 549 g/mol. The Morgan fingerprint density at radius 3 is 2.10 bits per heavy atom. The van der Waals surface area contributed by atoms with Crippen molar-refractivity contribution in [3.8, 4) is 0 Å². The Bertz CT molecular complexity index is 1210. The van der Waals surface area contributed by atoms with Crippen molar-refractivity contribution in [3.05, 3.63) is 71.8 Å². The van der Waals surface area contributed by atoms with Crippen LogP contribution in [0.1, 0.15) is 51.2 Å². The van der Waals surface area contributed by atoms with Crippen molar-refractivity contribution in [1.82, 2.24) is 15.5 Å².